The van der Waals surface area contributed by atoms with Gasteiger partial charge in [-0.15, -0.1) is 5.10 Å². The Morgan fingerprint density at radius 2 is 2.08 bits per heavy atom. The van der Waals surface area contributed by atoms with Crippen LogP contribution < -0.4 is 10.6 Å². The van der Waals surface area contributed by atoms with Crippen molar-refractivity contribution in [2.24, 2.45) is 0 Å². The van der Waals surface area contributed by atoms with Gasteiger partial charge in [0.15, 0.2) is 0 Å². The normalized spacial score (nSPS) is 16.8. The lowest BCUT2D eigenvalue weighted by molar-refractivity contribution is 0.659. The number of hydrogen-bond donors (Lipinski definition) is 2. The Balaban J connectivity index is 1.40. The summed E-state index contributed by atoms with van der Waals surface area (Å²) in [7, 11) is 0. The van der Waals surface area contributed by atoms with Crippen molar-refractivity contribution in [3.05, 3.63) is 46.8 Å². The minimum atomic E-state index is 0.581. The van der Waals surface area contributed by atoms with Crippen LogP contribution in [0.25, 0.3) is 5.78 Å². The number of nitrogens with zero attached hydrogens (tertiary/aromatic N) is 4. The number of nitrogens with one attached hydrogen (secondary N) is 2. The third-order valence-electron chi connectivity index (χ3n) is 5.57. The molecule has 0 saturated heterocycles. The molecule has 0 radical (unpaired) electrons. The van der Waals surface area contributed by atoms with Crippen molar-refractivity contribution in [2.45, 2.75) is 51.5 Å². The molecule has 0 bridgehead atoms. The summed E-state index contributed by atoms with van der Waals surface area (Å²) in [6, 6.07) is 8.77. The Bertz CT molecular complexity index is 954. The van der Waals surface area contributed by atoms with E-state index in [1.54, 1.807) is 0 Å². The fourth-order valence-corrected chi connectivity index (χ4v) is 4.25. The minimum Gasteiger partial charge on any atom is -0.384 e. The van der Waals surface area contributed by atoms with Gasteiger partial charge in [0.25, 0.3) is 5.78 Å². The van der Waals surface area contributed by atoms with Gasteiger partial charge in [0.05, 0.1) is 5.69 Å². The monoisotopic (exact) mass is 348 g/mol. The van der Waals surface area contributed by atoms with Crippen LogP contribution in [0.4, 0.5) is 11.6 Å². The quantitative estimate of drug-likeness (QED) is 0.753. The molecule has 1 aromatic carbocycles. The predicted molar refractivity (Wildman–Crippen MR) is 103 cm³/mol. The van der Waals surface area contributed by atoms with Crippen LogP contribution in [-0.2, 0) is 13.0 Å². The third kappa shape index (κ3) is 2.79. The summed E-state index contributed by atoms with van der Waals surface area (Å²) < 4.78 is 1.94. The van der Waals surface area contributed by atoms with Crippen LogP contribution in [0.2, 0.25) is 0 Å². The number of anilines is 2. The molecule has 2 aromatic heterocycles. The summed E-state index contributed by atoms with van der Waals surface area (Å²) in [5, 5.41) is 11.5. The maximum atomic E-state index is 4.71. The van der Waals surface area contributed by atoms with E-state index in [-0.39, 0.29) is 0 Å². The van der Waals surface area contributed by atoms with Crippen molar-refractivity contribution in [3.63, 3.8) is 0 Å². The van der Waals surface area contributed by atoms with E-state index in [2.05, 4.69) is 44.9 Å². The molecule has 26 heavy (non-hydrogen) atoms. The van der Waals surface area contributed by atoms with Crippen LogP contribution in [0.1, 0.15) is 54.1 Å². The van der Waals surface area contributed by atoms with E-state index in [9.17, 15) is 0 Å². The van der Waals surface area contributed by atoms with Gasteiger partial charge in [-0.2, -0.15) is 9.50 Å². The fraction of sp³-hybridized carbons (Fsp3) is 0.450. The fourth-order valence-electron chi connectivity index (χ4n) is 4.25. The van der Waals surface area contributed by atoms with E-state index < -0.39 is 0 Å². The van der Waals surface area contributed by atoms with E-state index in [1.807, 2.05) is 11.4 Å². The first-order valence-corrected chi connectivity index (χ1v) is 9.60. The summed E-state index contributed by atoms with van der Waals surface area (Å²) in [5.41, 5.74) is 6.19. The molecule has 0 unspecified atom stereocenters. The molecule has 1 aliphatic carbocycles. The van der Waals surface area contributed by atoms with Crippen LogP contribution >= 0.6 is 0 Å². The lowest BCUT2D eigenvalue weighted by atomic mass is 10.0. The van der Waals surface area contributed by atoms with Crippen LogP contribution in [0.3, 0.4) is 0 Å². The van der Waals surface area contributed by atoms with Crippen molar-refractivity contribution in [1.29, 1.82) is 0 Å². The molecule has 2 N–H and O–H groups in total. The van der Waals surface area contributed by atoms with Crippen molar-refractivity contribution in [2.75, 3.05) is 17.2 Å². The number of aromatic nitrogens is 4. The molecule has 1 fully saturated rings. The first-order chi connectivity index (χ1) is 12.8. The number of fused-ring (bicyclic) bond motifs is 2. The lowest BCUT2D eigenvalue weighted by Gasteiger charge is -2.11. The molecule has 0 atom stereocenters. The van der Waals surface area contributed by atoms with Gasteiger partial charge in [0.2, 0.25) is 5.95 Å². The van der Waals surface area contributed by atoms with E-state index in [1.165, 1.54) is 48.2 Å². The summed E-state index contributed by atoms with van der Waals surface area (Å²) >= 11 is 0. The first-order valence-electron chi connectivity index (χ1n) is 9.60. The molecule has 3 aromatic rings. The van der Waals surface area contributed by atoms with Gasteiger partial charge < -0.3 is 10.6 Å². The Labute approximate surface area is 153 Å². The Hall–Kier alpha value is -2.63. The highest BCUT2D eigenvalue weighted by Crippen LogP contribution is 2.34. The van der Waals surface area contributed by atoms with Gasteiger partial charge in [0.1, 0.15) is 0 Å². The second-order valence-corrected chi connectivity index (χ2v) is 7.47. The van der Waals surface area contributed by atoms with Crippen LogP contribution in [0.5, 0.6) is 0 Å². The van der Waals surface area contributed by atoms with Crippen LogP contribution in [-0.4, -0.2) is 26.1 Å². The maximum absolute atomic E-state index is 4.71. The van der Waals surface area contributed by atoms with Crippen molar-refractivity contribution >= 4 is 17.4 Å². The van der Waals surface area contributed by atoms with E-state index in [0.29, 0.717) is 17.6 Å². The molecule has 2 aliphatic rings. The molecule has 6 nitrogen and oxygen atoms in total. The molecule has 1 saturated carbocycles. The molecule has 5 rings (SSSR count). The molecule has 1 aliphatic heterocycles. The maximum Gasteiger partial charge on any atom is 0.254 e. The highest BCUT2D eigenvalue weighted by atomic mass is 15.4. The molecular formula is C20H24N6. The van der Waals surface area contributed by atoms with Crippen LogP contribution in [0, 0.1) is 6.92 Å². The Kier molecular flexibility index (Phi) is 3.76. The standard InChI is InChI=1S/C20H24N6/c1-13-10-18(15-4-2-3-5-15)26-20(23-13)24-19(25-26)22-12-14-6-7-17-16(11-14)8-9-21-17/h6-7,10-11,15,21H,2-5,8-9,12H2,1H3,(H,22,25). The van der Waals surface area contributed by atoms with Crippen LogP contribution in [0.15, 0.2) is 24.3 Å². The Morgan fingerprint density at radius 3 is 2.96 bits per heavy atom. The zero-order chi connectivity index (χ0) is 17.5. The SMILES string of the molecule is Cc1cc(C2CCCC2)n2nc(NCc3ccc4c(c3)CCN4)nc2n1. The van der Waals surface area contributed by atoms with E-state index in [4.69, 9.17) is 5.10 Å². The average Bonchev–Trinajstić information content (AvgIpc) is 3.38. The minimum absolute atomic E-state index is 0.581. The molecule has 0 amide bonds. The zero-order valence-electron chi connectivity index (χ0n) is 15.1. The summed E-state index contributed by atoms with van der Waals surface area (Å²) in [4.78, 5) is 9.18. The highest BCUT2D eigenvalue weighted by molar-refractivity contribution is 5.56. The summed E-state index contributed by atoms with van der Waals surface area (Å²) in [6.07, 6.45) is 6.19. The molecule has 134 valence electrons. The number of rotatable bonds is 4. The Morgan fingerprint density at radius 1 is 1.19 bits per heavy atom. The lowest BCUT2D eigenvalue weighted by Crippen LogP contribution is -2.06. The van der Waals surface area contributed by atoms with Crippen molar-refractivity contribution in [3.8, 4) is 0 Å². The zero-order valence-corrected chi connectivity index (χ0v) is 15.1. The second-order valence-electron chi connectivity index (χ2n) is 7.47. The molecular weight excluding hydrogens is 324 g/mol. The first kappa shape index (κ1) is 15.6. The second kappa shape index (κ2) is 6.27. The molecule has 6 heteroatoms. The number of hydrogen-bond acceptors (Lipinski definition) is 5. The van der Waals surface area contributed by atoms with Gasteiger partial charge in [-0.25, -0.2) is 4.98 Å². The summed E-state index contributed by atoms with van der Waals surface area (Å²) in [6.45, 7) is 3.80. The molecule has 3 heterocycles. The topological polar surface area (TPSA) is 67.1 Å². The van der Waals surface area contributed by atoms with Gasteiger partial charge in [0, 0.05) is 30.4 Å². The van der Waals surface area contributed by atoms with E-state index in [0.717, 1.165) is 25.2 Å². The van der Waals surface area contributed by atoms with Gasteiger partial charge in [-0.3, -0.25) is 0 Å². The third-order valence-corrected chi connectivity index (χ3v) is 5.57. The summed E-state index contributed by atoms with van der Waals surface area (Å²) in [5.74, 6) is 1.94. The average molecular weight is 348 g/mol. The number of aryl methyl sites for hydroxylation is 1. The molecule has 0 spiro atoms. The van der Waals surface area contributed by atoms with Gasteiger partial charge in [-0.05, 0) is 49.4 Å². The van der Waals surface area contributed by atoms with Crippen molar-refractivity contribution in [1.82, 2.24) is 19.6 Å². The van der Waals surface area contributed by atoms with E-state index >= 15 is 0 Å². The largest absolute Gasteiger partial charge is 0.384 e. The predicted octanol–water partition coefficient (Wildman–Crippen LogP) is 3.67. The highest BCUT2D eigenvalue weighted by Gasteiger charge is 2.22. The van der Waals surface area contributed by atoms with Gasteiger partial charge in [-0.1, -0.05) is 25.0 Å². The number of benzene rings is 1. The van der Waals surface area contributed by atoms with Gasteiger partial charge >= 0.3 is 0 Å². The smallest absolute Gasteiger partial charge is 0.254 e. The van der Waals surface area contributed by atoms with Crippen molar-refractivity contribution < 1.29 is 0 Å².